The molecule has 0 saturated heterocycles. The van der Waals surface area contributed by atoms with E-state index in [2.05, 4.69) is 29.7 Å². The maximum absolute atomic E-state index is 11.9. The van der Waals surface area contributed by atoms with E-state index in [4.69, 9.17) is 0 Å². The zero-order valence-corrected chi connectivity index (χ0v) is 14.8. The first-order valence-corrected chi connectivity index (χ1v) is 8.85. The van der Waals surface area contributed by atoms with Crippen LogP contribution in [-0.4, -0.2) is 24.1 Å². The third kappa shape index (κ3) is 6.08. The van der Waals surface area contributed by atoms with E-state index >= 15 is 0 Å². The second-order valence-electron chi connectivity index (χ2n) is 5.52. The molecule has 0 radical (unpaired) electrons. The molecule has 0 saturated carbocycles. The summed E-state index contributed by atoms with van der Waals surface area (Å²) in [5.74, 6) is 0.315. The lowest BCUT2D eigenvalue weighted by Gasteiger charge is -2.08. The number of carbonyl (C=O) groups is 2. The molecular weight excluding hydrogens is 320 g/mol. The van der Waals surface area contributed by atoms with Gasteiger partial charge in [-0.2, -0.15) is 0 Å². The molecule has 4 nitrogen and oxygen atoms in total. The van der Waals surface area contributed by atoms with Gasteiger partial charge in [0.05, 0.1) is 5.75 Å². The molecule has 5 heteroatoms. The summed E-state index contributed by atoms with van der Waals surface area (Å²) >= 11 is 1.48. The van der Waals surface area contributed by atoms with Crippen molar-refractivity contribution >= 4 is 29.3 Å². The van der Waals surface area contributed by atoms with Crippen LogP contribution in [0.5, 0.6) is 0 Å². The molecule has 0 aliphatic heterocycles. The maximum atomic E-state index is 11.9. The van der Waals surface area contributed by atoms with E-state index in [-0.39, 0.29) is 11.8 Å². The normalized spacial score (nSPS) is 10.2. The third-order valence-corrected chi connectivity index (χ3v) is 4.53. The molecule has 2 amide bonds. The fourth-order valence-electron chi connectivity index (χ4n) is 2.26. The molecule has 0 spiro atoms. The van der Waals surface area contributed by atoms with Gasteiger partial charge in [0.25, 0.3) is 0 Å². The number of amides is 2. The average Bonchev–Trinajstić information content (AvgIpc) is 2.55. The fourth-order valence-corrected chi connectivity index (χ4v) is 2.99. The van der Waals surface area contributed by atoms with E-state index in [1.54, 1.807) is 0 Å². The first-order valence-electron chi connectivity index (χ1n) is 7.86. The summed E-state index contributed by atoms with van der Waals surface area (Å²) in [6.07, 6.45) is 0.842. The number of anilines is 1. The van der Waals surface area contributed by atoms with Crippen LogP contribution in [0.1, 0.15) is 18.1 Å². The summed E-state index contributed by atoms with van der Waals surface area (Å²) in [7, 11) is 0. The number of hydrogen-bond acceptors (Lipinski definition) is 3. The fraction of sp³-hybridized carbons (Fsp3) is 0.263. The number of hydrogen-bond donors (Lipinski definition) is 2. The number of benzene rings is 2. The van der Waals surface area contributed by atoms with E-state index in [1.165, 1.54) is 29.8 Å². The number of nitrogens with one attached hydrogen (secondary N) is 2. The Balaban J connectivity index is 1.71. The first-order chi connectivity index (χ1) is 11.5. The van der Waals surface area contributed by atoms with E-state index < -0.39 is 0 Å². The van der Waals surface area contributed by atoms with Gasteiger partial charge in [0.1, 0.15) is 0 Å². The first kappa shape index (κ1) is 18.1. The van der Waals surface area contributed by atoms with Crippen LogP contribution in [0.25, 0.3) is 0 Å². The van der Waals surface area contributed by atoms with E-state index in [9.17, 15) is 9.59 Å². The summed E-state index contributed by atoms with van der Waals surface area (Å²) < 4.78 is 0. The monoisotopic (exact) mass is 342 g/mol. The number of rotatable bonds is 7. The van der Waals surface area contributed by atoms with Gasteiger partial charge in [0.2, 0.25) is 11.8 Å². The molecule has 2 aromatic carbocycles. The van der Waals surface area contributed by atoms with Gasteiger partial charge in [0.15, 0.2) is 0 Å². The highest BCUT2D eigenvalue weighted by atomic mass is 32.2. The van der Waals surface area contributed by atoms with Gasteiger partial charge in [0, 0.05) is 24.1 Å². The van der Waals surface area contributed by atoms with Crippen molar-refractivity contribution in [3.63, 3.8) is 0 Å². The van der Waals surface area contributed by atoms with Crippen LogP contribution in [-0.2, 0) is 16.0 Å². The molecule has 0 unspecified atom stereocenters. The molecule has 126 valence electrons. The molecule has 0 atom stereocenters. The zero-order valence-electron chi connectivity index (χ0n) is 14.0. The molecule has 2 rings (SSSR count). The minimum Gasteiger partial charge on any atom is -0.355 e. The van der Waals surface area contributed by atoms with Crippen molar-refractivity contribution in [2.75, 3.05) is 17.6 Å². The predicted molar refractivity (Wildman–Crippen MR) is 99.4 cm³/mol. The number of carbonyl (C=O) groups excluding carboxylic acids is 2. The average molecular weight is 342 g/mol. The van der Waals surface area contributed by atoms with E-state index in [0.29, 0.717) is 12.3 Å². The lowest BCUT2D eigenvalue weighted by Crippen LogP contribution is -2.27. The second kappa shape index (κ2) is 9.13. The van der Waals surface area contributed by atoms with Crippen LogP contribution in [0.4, 0.5) is 5.69 Å². The molecule has 0 aromatic heterocycles. The Labute approximate surface area is 147 Å². The molecule has 0 fully saturated rings. The Morgan fingerprint density at radius 1 is 1.04 bits per heavy atom. The molecular formula is C19H22N2O2S. The third-order valence-electron chi connectivity index (χ3n) is 3.52. The SMILES string of the molecule is CC(=O)Nc1ccc(SCC(=O)NCCc2ccccc2C)cc1. The summed E-state index contributed by atoms with van der Waals surface area (Å²) in [6.45, 7) is 4.20. The van der Waals surface area contributed by atoms with Gasteiger partial charge >= 0.3 is 0 Å². The van der Waals surface area contributed by atoms with Crippen LogP contribution < -0.4 is 10.6 Å². The smallest absolute Gasteiger partial charge is 0.230 e. The molecule has 2 aromatic rings. The van der Waals surface area contributed by atoms with Crippen molar-refractivity contribution in [1.82, 2.24) is 5.32 Å². The Morgan fingerprint density at radius 3 is 2.42 bits per heavy atom. The highest BCUT2D eigenvalue weighted by Gasteiger charge is 2.04. The van der Waals surface area contributed by atoms with Crippen LogP contribution in [0.15, 0.2) is 53.4 Å². The van der Waals surface area contributed by atoms with Gasteiger partial charge in [-0.1, -0.05) is 24.3 Å². The summed E-state index contributed by atoms with van der Waals surface area (Å²) in [5, 5.41) is 5.67. The lowest BCUT2D eigenvalue weighted by molar-refractivity contribution is -0.118. The van der Waals surface area contributed by atoms with E-state index in [1.807, 2.05) is 36.4 Å². The Morgan fingerprint density at radius 2 is 1.75 bits per heavy atom. The minimum absolute atomic E-state index is 0.0273. The molecule has 0 aliphatic rings. The number of aryl methyl sites for hydroxylation is 1. The topological polar surface area (TPSA) is 58.2 Å². The van der Waals surface area contributed by atoms with Crippen molar-refractivity contribution in [1.29, 1.82) is 0 Å². The Kier molecular flexibility index (Phi) is 6.88. The van der Waals surface area contributed by atoms with Gasteiger partial charge in [-0.25, -0.2) is 0 Å². The lowest BCUT2D eigenvalue weighted by atomic mass is 10.1. The van der Waals surface area contributed by atoms with Crippen molar-refractivity contribution in [2.45, 2.75) is 25.2 Å². The standard InChI is InChI=1S/C19H22N2O2S/c1-14-5-3-4-6-16(14)11-12-20-19(23)13-24-18-9-7-17(8-10-18)21-15(2)22/h3-10H,11-13H2,1-2H3,(H,20,23)(H,21,22). The second-order valence-corrected chi connectivity index (χ2v) is 6.57. The summed E-state index contributed by atoms with van der Waals surface area (Å²) in [6, 6.07) is 15.7. The Hall–Kier alpha value is -2.27. The van der Waals surface area contributed by atoms with Crippen LogP contribution >= 0.6 is 11.8 Å². The highest BCUT2D eigenvalue weighted by molar-refractivity contribution is 8.00. The zero-order chi connectivity index (χ0) is 17.4. The van der Waals surface area contributed by atoms with Crippen molar-refractivity contribution in [3.05, 3.63) is 59.7 Å². The van der Waals surface area contributed by atoms with Gasteiger partial charge in [-0.05, 0) is 48.7 Å². The summed E-state index contributed by atoms with van der Waals surface area (Å²) in [4.78, 5) is 23.9. The molecule has 24 heavy (non-hydrogen) atoms. The van der Waals surface area contributed by atoms with Crippen LogP contribution in [0.3, 0.4) is 0 Å². The van der Waals surface area contributed by atoms with Gasteiger partial charge < -0.3 is 10.6 Å². The van der Waals surface area contributed by atoms with E-state index in [0.717, 1.165) is 17.0 Å². The van der Waals surface area contributed by atoms with Crippen molar-refractivity contribution < 1.29 is 9.59 Å². The maximum Gasteiger partial charge on any atom is 0.230 e. The Bertz CT molecular complexity index is 699. The predicted octanol–water partition coefficient (Wildman–Crippen LogP) is 3.40. The molecule has 0 heterocycles. The minimum atomic E-state index is -0.0940. The van der Waals surface area contributed by atoms with Crippen LogP contribution in [0.2, 0.25) is 0 Å². The molecule has 0 bridgehead atoms. The number of thioether (sulfide) groups is 1. The van der Waals surface area contributed by atoms with Gasteiger partial charge in [-0.3, -0.25) is 9.59 Å². The van der Waals surface area contributed by atoms with Crippen LogP contribution in [0, 0.1) is 6.92 Å². The molecule has 0 aliphatic carbocycles. The highest BCUT2D eigenvalue weighted by Crippen LogP contribution is 2.20. The van der Waals surface area contributed by atoms with Crippen molar-refractivity contribution in [3.8, 4) is 0 Å². The van der Waals surface area contributed by atoms with Crippen molar-refractivity contribution in [2.24, 2.45) is 0 Å². The largest absolute Gasteiger partial charge is 0.355 e. The molecule has 2 N–H and O–H groups in total. The van der Waals surface area contributed by atoms with Gasteiger partial charge in [-0.15, -0.1) is 11.8 Å². The summed E-state index contributed by atoms with van der Waals surface area (Å²) in [5.41, 5.74) is 3.27. The quantitative estimate of drug-likeness (QED) is 0.758.